The molecule has 5 atom stereocenters. The Morgan fingerprint density at radius 1 is 1.10 bits per heavy atom. The lowest BCUT2D eigenvalue weighted by molar-refractivity contribution is 0.00403. The average molecular weight is 417 g/mol. The zero-order chi connectivity index (χ0) is 20.2. The highest BCUT2D eigenvalue weighted by molar-refractivity contribution is 7.80. The van der Waals surface area contributed by atoms with Crippen LogP contribution in [0.1, 0.15) is 56.9 Å². The number of rotatable bonds is 4. The predicted molar refractivity (Wildman–Crippen MR) is 117 cm³/mol. The maximum Gasteiger partial charge on any atom is 0.242 e. The molecule has 0 saturated heterocycles. The highest BCUT2D eigenvalue weighted by atomic mass is 32.1. The maximum absolute atomic E-state index is 14.0. The third kappa shape index (κ3) is 3.11. The van der Waals surface area contributed by atoms with Crippen LogP contribution in [0.15, 0.2) is 35.3 Å². The summed E-state index contributed by atoms with van der Waals surface area (Å²) in [4.78, 5) is 5.48. The van der Waals surface area contributed by atoms with Crippen molar-refractivity contribution in [2.75, 3.05) is 0 Å². The van der Waals surface area contributed by atoms with Gasteiger partial charge in [-0.2, -0.15) is 0 Å². The van der Waals surface area contributed by atoms with E-state index in [1.54, 1.807) is 0 Å². The molecule has 1 aromatic carbocycles. The molecule has 4 bridgehead atoms. The van der Waals surface area contributed by atoms with Gasteiger partial charge < -0.3 is 5.73 Å². The molecule has 0 radical (unpaired) electrons. The van der Waals surface area contributed by atoms with Crippen LogP contribution in [0.5, 0.6) is 0 Å². The molecule has 5 unspecified atom stereocenters. The maximum atomic E-state index is 14.0. The molecule has 5 fully saturated rings. The number of thiocarbonyl (C=S) groups is 1. The zero-order valence-corrected chi connectivity index (χ0v) is 17.6. The van der Waals surface area contributed by atoms with Gasteiger partial charge in [0, 0.05) is 23.6 Å². The minimum atomic E-state index is -2.26. The molecule has 2 N–H and O–H groups in total. The Labute approximate surface area is 177 Å². The number of nitrogens with two attached hydrogens (primary N) is 1. The summed E-state index contributed by atoms with van der Waals surface area (Å²) in [6.45, 7) is 0. The molecule has 0 amide bonds. The van der Waals surface area contributed by atoms with E-state index in [-0.39, 0.29) is 22.7 Å². The molecule has 0 spiro atoms. The van der Waals surface area contributed by atoms with Gasteiger partial charge in [-0.25, -0.2) is 8.78 Å². The quantitative estimate of drug-likeness (QED) is 0.517. The van der Waals surface area contributed by atoms with Gasteiger partial charge in [-0.15, -0.1) is 0 Å². The molecule has 0 aliphatic heterocycles. The largest absolute Gasteiger partial charge is 0.328 e. The van der Waals surface area contributed by atoms with E-state index < -0.39 is 12.3 Å². The Bertz CT molecular complexity index is 804. The zero-order valence-electron chi connectivity index (χ0n) is 16.8. The van der Waals surface area contributed by atoms with Crippen molar-refractivity contribution in [3.8, 4) is 0 Å². The van der Waals surface area contributed by atoms with Crippen molar-refractivity contribution in [2.45, 2.75) is 69.2 Å². The van der Waals surface area contributed by atoms with Crippen molar-refractivity contribution >= 4 is 23.4 Å². The van der Waals surface area contributed by atoms with Crippen molar-refractivity contribution in [2.24, 2.45) is 39.8 Å². The summed E-state index contributed by atoms with van der Waals surface area (Å²) in [5.74, 6) is -0.0708. The van der Waals surface area contributed by atoms with Crippen LogP contribution < -0.4 is 5.73 Å². The van der Waals surface area contributed by atoms with Gasteiger partial charge in [-0.3, -0.25) is 4.99 Å². The first kappa shape index (κ1) is 19.7. The molecule has 5 aliphatic carbocycles. The van der Waals surface area contributed by atoms with Crippen LogP contribution in [0.4, 0.5) is 8.78 Å². The van der Waals surface area contributed by atoms with Crippen molar-refractivity contribution in [1.29, 1.82) is 0 Å². The lowest BCUT2D eigenvalue weighted by atomic mass is 9.62. The lowest BCUT2D eigenvalue weighted by Crippen LogP contribution is -2.38. The second kappa shape index (κ2) is 7.19. The van der Waals surface area contributed by atoms with E-state index in [0.29, 0.717) is 16.9 Å². The van der Waals surface area contributed by atoms with Crippen LogP contribution in [0.2, 0.25) is 0 Å². The summed E-state index contributed by atoms with van der Waals surface area (Å²) in [5, 5.41) is 0. The Balaban J connectivity index is 1.43. The fourth-order valence-electron chi connectivity index (χ4n) is 7.38. The molecular weight excluding hydrogens is 386 g/mol. The standard InChI is InChI=1S/C24H30F2N2S/c25-21(26)20-16-10-23(17-4-2-1-3-5-17)12-19(20)24(11-16,14-23)22(29)28-13-15-6-8-18(27)9-7-15/h1-5,13,15-16,18-21H,6-12,14,27H2/b28-13+. The topological polar surface area (TPSA) is 38.4 Å². The van der Waals surface area contributed by atoms with Gasteiger partial charge in [0.1, 0.15) is 4.99 Å². The second-order valence-corrected chi connectivity index (χ2v) is 10.5. The van der Waals surface area contributed by atoms with Gasteiger partial charge in [0.2, 0.25) is 6.43 Å². The summed E-state index contributed by atoms with van der Waals surface area (Å²) >= 11 is 5.88. The highest BCUT2D eigenvalue weighted by Crippen LogP contribution is 2.74. The summed E-state index contributed by atoms with van der Waals surface area (Å²) < 4.78 is 28.1. The van der Waals surface area contributed by atoms with Crippen LogP contribution in [0.25, 0.3) is 0 Å². The first-order valence-corrected chi connectivity index (χ1v) is 11.5. The van der Waals surface area contributed by atoms with Crippen LogP contribution >= 0.6 is 12.2 Å². The van der Waals surface area contributed by atoms with E-state index in [0.717, 1.165) is 51.4 Å². The second-order valence-electron chi connectivity index (χ2n) is 10.1. The third-order valence-electron chi connectivity index (χ3n) is 8.58. The summed E-state index contributed by atoms with van der Waals surface area (Å²) in [7, 11) is 0. The minimum absolute atomic E-state index is 0.00256. The van der Waals surface area contributed by atoms with Crippen LogP contribution in [-0.2, 0) is 5.41 Å². The normalized spacial score (nSPS) is 43.5. The fourth-order valence-corrected chi connectivity index (χ4v) is 7.75. The summed E-state index contributed by atoms with van der Waals surface area (Å²) in [5.41, 5.74) is 6.99. The van der Waals surface area contributed by atoms with Crippen molar-refractivity contribution < 1.29 is 8.78 Å². The smallest absolute Gasteiger partial charge is 0.242 e. The van der Waals surface area contributed by atoms with Crippen LogP contribution in [-0.4, -0.2) is 23.7 Å². The predicted octanol–water partition coefficient (Wildman–Crippen LogP) is 5.54. The number of nitrogens with zero attached hydrogens (tertiary/aromatic N) is 1. The Hall–Kier alpha value is -1.20. The molecule has 156 valence electrons. The van der Waals surface area contributed by atoms with Gasteiger partial charge in [0.15, 0.2) is 0 Å². The van der Waals surface area contributed by atoms with E-state index in [4.69, 9.17) is 22.9 Å². The number of aliphatic imine (C=N–C) groups is 1. The molecule has 2 nitrogen and oxygen atoms in total. The lowest BCUT2D eigenvalue weighted by Gasteiger charge is -2.43. The monoisotopic (exact) mass is 416 g/mol. The van der Waals surface area contributed by atoms with E-state index in [1.165, 1.54) is 5.56 Å². The fraction of sp³-hybridized carbons (Fsp3) is 0.667. The number of alkyl halides is 2. The number of halogens is 2. The van der Waals surface area contributed by atoms with E-state index in [9.17, 15) is 8.78 Å². The number of hydrogen-bond acceptors (Lipinski definition) is 2. The summed E-state index contributed by atoms with van der Waals surface area (Å²) in [6.07, 6.45) is 7.33. The van der Waals surface area contributed by atoms with Gasteiger partial charge in [0.05, 0.1) is 0 Å². The van der Waals surface area contributed by atoms with Gasteiger partial charge in [-0.05, 0) is 80.1 Å². The molecule has 5 aliphatic rings. The first-order chi connectivity index (χ1) is 13.9. The molecule has 5 saturated carbocycles. The highest BCUT2D eigenvalue weighted by Gasteiger charge is 2.71. The number of hydrogen-bond donors (Lipinski definition) is 1. The first-order valence-electron chi connectivity index (χ1n) is 11.1. The molecule has 0 heterocycles. The average Bonchev–Trinajstić information content (AvgIpc) is 3.10. The molecule has 29 heavy (non-hydrogen) atoms. The molecular formula is C24H30F2N2S. The summed E-state index contributed by atoms with van der Waals surface area (Å²) in [6, 6.07) is 10.8. The SMILES string of the molecule is NC1CCC(/C=N/C(=S)C23CC4CC(c5ccccc5)(CC2C4C(F)F)C3)CC1. The molecule has 5 heteroatoms. The van der Waals surface area contributed by atoms with Gasteiger partial charge in [0.25, 0.3) is 0 Å². The van der Waals surface area contributed by atoms with Crippen molar-refractivity contribution in [3.05, 3.63) is 35.9 Å². The van der Waals surface area contributed by atoms with Crippen LogP contribution in [0.3, 0.4) is 0 Å². The van der Waals surface area contributed by atoms with E-state index >= 15 is 0 Å². The van der Waals surface area contributed by atoms with Gasteiger partial charge in [-0.1, -0.05) is 42.5 Å². The third-order valence-corrected chi connectivity index (χ3v) is 9.10. The Morgan fingerprint density at radius 2 is 1.83 bits per heavy atom. The Morgan fingerprint density at radius 3 is 2.52 bits per heavy atom. The van der Waals surface area contributed by atoms with E-state index in [1.807, 2.05) is 12.3 Å². The molecule has 0 aromatic heterocycles. The Kier molecular flexibility index (Phi) is 4.90. The molecule has 1 aromatic rings. The van der Waals surface area contributed by atoms with Crippen molar-refractivity contribution in [3.63, 3.8) is 0 Å². The van der Waals surface area contributed by atoms with E-state index in [2.05, 4.69) is 24.3 Å². The number of benzene rings is 1. The van der Waals surface area contributed by atoms with Crippen molar-refractivity contribution in [1.82, 2.24) is 0 Å². The van der Waals surface area contributed by atoms with Gasteiger partial charge >= 0.3 is 0 Å². The van der Waals surface area contributed by atoms with Crippen LogP contribution in [0, 0.1) is 29.1 Å². The molecule has 6 rings (SSSR count). The minimum Gasteiger partial charge on any atom is -0.328 e.